The van der Waals surface area contributed by atoms with Crippen LogP contribution in [-0.2, 0) is 4.74 Å². The maximum absolute atomic E-state index is 11.5. The molecule has 2 N–H and O–H groups in total. The summed E-state index contributed by atoms with van der Waals surface area (Å²) in [6.07, 6.45) is 0.912. The maximum Gasteiger partial charge on any atom is 0.315 e. The summed E-state index contributed by atoms with van der Waals surface area (Å²) in [6.45, 7) is 4.22. The Hall–Kier alpha value is -0.810. The highest BCUT2D eigenvalue weighted by atomic mass is 16.5. The molecule has 1 aliphatic heterocycles. The Morgan fingerprint density at radius 3 is 2.87 bits per heavy atom. The average Bonchev–Trinajstić information content (AvgIpc) is 2.53. The molecule has 2 atom stereocenters. The van der Waals surface area contributed by atoms with Crippen molar-refractivity contribution in [2.24, 2.45) is 0 Å². The van der Waals surface area contributed by atoms with Gasteiger partial charge in [-0.3, -0.25) is 0 Å². The number of urea groups is 1. The van der Waals surface area contributed by atoms with Gasteiger partial charge in [-0.2, -0.15) is 0 Å². The normalized spacial score (nSPS) is 22.8. The van der Waals surface area contributed by atoms with Gasteiger partial charge < -0.3 is 20.3 Å². The molecule has 1 aliphatic rings. The summed E-state index contributed by atoms with van der Waals surface area (Å²) in [5.74, 6) is 0. The molecule has 1 heterocycles. The van der Waals surface area contributed by atoms with E-state index in [2.05, 4.69) is 10.6 Å². The van der Waals surface area contributed by atoms with Crippen molar-refractivity contribution in [1.29, 1.82) is 0 Å². The van der Waals surface area contributed by atoms with Crippen LogP contribution in [-0.4, -0.2) is 56.9 Å². The zero-order valence-electron chi connectivity index (χ0n) is 9.75. The van der Waals surface area contributed by atoms with Crippen molar-refractivity contribution in [3.8, 4) is 0 Å². The second-order valence-corrected chi connectivity index (χ2v) is 4.34. The SMILES string of the molecule is CC(CN(C)C)NC(=O)NC1CCOC1. The minimum absolute atomic E-state index is 0.0974. The number of carbonyl (C=O) groups excluding carboxylic acids is 1. The molecular weight excluding hydrogens is 194 g/mol. The predicted molar refractivity (Wildman–Crippen MR) is 58.9 cm³/mol. The van der Waals surface area contributed by atoms with Crippen LogP contribution in [0.3, 0.4) is 0 Å². The van der Waals surface area contributed by atoms with Crippen molar-refractivity contribution in [3.63, 3.8) is 0 Å². The molecule has 0 spiro atoms. The Labute approximate surface area is 91.2 Å². The fourth-order valence-corrected chi connectivity index (χ4v) is 1.69. The number of likely N-dealkylation sites (N-methyl/N-ethyl adjacent to an activating group) is 1. The minimum Gasteiger partial charge on any atom is -0.379 e. The number of amides is 2. The monoisotopic (exact) mass is 215 g/mol. The molecule has 15 heavy (non-hydrogen) atoms. The molecule has 2 amide bonds. The Morgan fingerprint density at radius 2 is 2.33 bits per heavy atom. The van der Waals surface area contributed by atoms with Crippen LogP contribution in [0.2, 0.25) is 0 Å². The lowest BCUT2D eigenvalue weighted by Crippen LogP contribution is -2.48. The second kappa shape index (κ2) is 5.92. The van der Waals surface area contributed by atoms with Gasteiger partial charge in [0.15, 0.2) is 0 Å². The van der Waals surface area contributed by atoms with Gasteiger partial charge in [0.1, 0.15) is 0 Å². The van der Waals surface area contributed by atoms with E-state index in [1.54, 1.807) is 0 Å². The average molecular weight is 215 g/mol. The lowest BCUT2D eigenvalue weighted by Gasteiger charge is -2.19. The molecule has 0 radical (unpaired) electrons. The molecule has 5 heteroatoms. The van der Waals surface area contributed by atoms with E-state index >= 15 is 0 Å². The van der Waals surface area contributed by atoms with E-state index < -0.39 is 0 Å². The first kappa shape index (κ1) is 12.3. The number of rotatable bonds is 4. The van der Waals surface area contributed by atoms with Crippen molar-refractivity contribution in [3.05, 3.63) is 0 Å². The Kier molecular flexibility index (Phi) is 4.84. The first-order valence-corrected chi connectivity index (χ1v) is 5.37. The Balaban J connectivity index is 2.16. The number of hydrogen-bond acceptors (Lipinski definition) is 3. The third kappa shape index (κ3) is 4.99. The summed E-state index contributed by atoms with van der Waals surface area (Å²) in [7, 11) is 3.97. The highest BCUT2D eigenvalue weighted by Gasteiger charge is 2.18. The van der Waals surface area contributed by atoms with Gasteiger partial charge in [-0.15, -0.1) is 0 Å². The van der Waals surface area contributed by atoms with Gasteiger partial charge in [0.2, 0.25) is 0 Å². The van der Waals surface area contributed by atoms with Crippen LogP contribution in [0, 0.1) is 0 Å². The van der Waals surface area contributed by atoms with Crippen LogP contribution in [0.1, 0.15) is 13.3 Å². The topological polar surface area (TPSA) is 53.6 Å². The van der Waals surface area contributed by atoms with E-state index in [-0.39, 0.29) is 18.1 Å². The fourth-order valence-electron chi connectivity index (χ4n) is 1.69. The largest absolute Gasteiger partial charge is 0.379 e. The molecule has 1 rings (SSSR count). The van der Waals surface area contributed by atoms with Crippen LogP contribution >= 0.6 is 0 Å². The third-order valence-corrected chi connectivity index (χ3v) is 2.28. The summed E-state index contributed by atoms with van der Waals surface area (Å²) in [5.41, 5.74) is 0. The van der Waals surface area contributed by atoms with Crippen LogP contribution < -0.4 is 10.6 Å². The van der Waals surface area contributed by atoms with E-state index in [1.165, 1.54) is 0 Å². The Morgan fingerprint density at radius 1 is 1.60 bits per heavy atom. The molecular formula is C10H21N3O2. The minimum atomic E-state index is -0.0974. The van der Waals surface area contributed by atoms with E-state index in [9.17, 15) is 4.79 Å². The van der Waals surface area contributed by atoms with E-state index in [0.717, 1.165) is 19.6 Å². The van der Waals surface area contributed by atoms with Gasteiger partial charge in [-0.05, 0) is 27.4 Å². The molecule has 0 aliphatic carbocycles. The van der Waals surface area contributed by atoms with Crippen LogP contribution in [0.15, 0.2) is 0 Å². The Bertz CT molecular complexity index is 203. The molecule has 0 aromatic carbocycles. The van der Waals surface area contributed by atoms with Crippen molar-refractivity contribution in [1.82, 2.24) is 15.5 Å². The number of carbonyl (C=O) groups is 1. The van der Waals surface area contributed by atoms with E-state index in [4.69, 9.17) is 4.74 Å². The molecule has 0 aromatic rings. The zero-order valence-corrected chi connectivity index (χ0v) is 9.75. The molecule has 2 unspecified atom stereocenters. The molecule has 0 aromatic heterocycles. The number of hydrogen-bond donors (Lipinski definition) is 2. The zero-order chi connectivity index (χ0) is 11.3. The number of ether oxygens (including phenoxy) is 1. The van der Waals surface area contributed by atoms with Crippen molar-refractivity contribution >= 4 is 6.03 Å². The highest BCUT2D eigenvalue weighted by molar-refractivity contribution is 5.74. The van der Waals surface area contributed by atoms with Crippen LogP contribution in [0.25, 0.3) is 0 Å². The highest BCUT2D eigenvalue weighted by Crippen LogP contribution is 2.02. The lowest BCUT2D eigenvalue weighted by molar-refractivity contribution is 0.188. The molecule has 0 bridgehead atoms. The lowest BCUT2D eigenvalue weighted by atomic mass is 10.3. The summed E-state index contributed by atoms with van der Waals surface area (Å²) in [4.78, 5) is 13.5. The van der Waals surface area contributed by atoms with Crippen LogP contribution in [0.5, 0.6) is 0 Å². The molecule has 1 saturated heterocycles. The molecule has 5 nitrogen and oxygen atoms in total. The second-order valence-electron chi connectivity index (χ2n) is 4.34. The van der Waals surface area contributed by atoms with Crippen molar-refractivity contribution in [2.45, 2.75) is 25.4 Å². The van der Waals surface area contributed by atoms with Crippen molar-refractivity contribution in [2.75, 3.05) is 33.9 Å². The quantitative estimate of drug-likeness (QED) is 0.695. The molecule has 1 fully saturated rings. The van der Waals surface area contributed by atoms with E-state index in [1.807, 2.05) is 25.9 Å². The number of nitrogens with one attached hydrogen (secondary N) is 2. The third-order valence-electron chi connectivity index (χ3n) is 2.28. The smallest absolute Gasteiger partial charge is 0.315 e. The standard InChI is InChI=1S/C10H21N3O2/c1-8(6-13(2)3)11-10(14)12-9-4-5-15-7-9/h8-9H,4-7H2,1-3H3,(H2,11,12,14). The molecule has 0 saturated carbocycles. The van der Waals surface area contributed by atoms with Gasteiger partial charge in [0.25, 0.3) is 0 Å². The van der Waals surface area contributed by atoms with Crippen LogP contribution in [0.4, 0.5) is 4.79 Å². The summed E-state index contributed by atoms with van der Waals surface area (Å²) < 4.78 is 5.18. The fraction of sp³-hybridized carbons (Fsp3) is 0.900. The van der Waals surface area contributed by atoms with Gasteiger partial charge >= 0.3 is 6.03 Å². The summed E-state index contributed by atoms with van der Waals surface area (Å²) in [5, 5.41) is 5.78. The molecule has 88 valence electrons. The predicted octanol–water partition coefficient (Wildman–Crippen LogP) is 0.0246. The number of nitrogens with zero attached hydrogens (tertiary/aromatic N) is 1. The summed E-state index contributed by atoms with van der Waals surface area (Å²) in [6, 6.07) is 0.235. The maximum atomic E-state index is 11.5. The van der Waals surface area contributed by atoms with E-state index in [0.29, 0.717) is 6.61 Å². The first-order chi connectivity index (χ1) is 7.08. The van der Waals surface area contributed by atoms with Crippen molar-refractivity contribution < 1.29 is 9.53 Å². The summed E-state index contributed by atoms with van der Waals surface area (Å²) >= 11 is 0. The first-order valence-electron chi connectivity index (χ1n) is 5.37. The van der Waals surface area contributed by atoms with Gasteiger partial charge in [-0.1, -0.05) is 0 Å². The van der Waals surface area contributed by atoms with Gasteiger partial charge in [0, 0.05) is 19.2 Å². The van der Waals surface area contributed by atoms with Gasteiger partial charge in [-0.25, -0.2) is 4.79 Å². The van der Waals surface area contributed by atoms with Gasteiger partial charge in [0.05, 0.1) is 12.6 Å².